The Hall–Kier alpha value is 0.650. The Morgan fingerprint density at radius 1 is 1.45 bits per heavy atom. The molecule has 0 radical (unpaired) electrons. The fraction of sp³-hybridized carbons (Fsp3) is 1.00. The maximum atomic E-state index is 5.08. The van der Waals surface area contributed by atoms with Crippen LogP contribution in [0.4, 0.5) is 0 Å². The van der Waals surface area contributed by atoms with E-state index in [1.165, 1.54) is 12.8 Å². The lowest BCUT2D eigenvalue weighted by Gasteiger charge is -2.19. The highest BCUT2D eigenvalue weighted by Crippen LogP contribution is 2.44. The van der Waals surface area contributed by atoms with Gasteiger partial charge in [0.15, 0.2) is 0 Å². The van der Waals surface area contributed by atoms with Gasteiger partial charge >= 0.3 is 0 Å². The van der Waals surface area contributed by atoms with Crippen molar-refractivity contribution in [2.75, 3.05) is 6.61 Å². The van der Waals surface area contributed by atoms with E-state index < -0.39 is 0 Å². The molecule has 0 amide bonds. The first-order valence-electron chi connectivity index (χ1n) is 4.08. The van der Waals surface area contributed by atoms with Crippen molar-refractivity contribution < 1.29 is 4.84 Å². The number of rotatable bonds is 2. The Morgan fingerprint density at radius 3 is 2.27 bits per heavy atom. The summed E-state index contributed by atoms with van der Waals surface area (Å²) in [6.07, 6.45) is 2.48. The molecule has 0 heterocycles. The number of halogens is 1. The van der Waals surface area contributed by atoms with Gasteiger partial charge < -0.3 is 4.84 Å². The summed E-state index contributed by atoms with van der Waals surface area (Å²) in [7, 11) is 0. The maximum Gasteiger partial charge on any atom is 0.0825 e. The van der Waals surface area contributed by atoms with Gasteiger partial charge in [-0.2, -0.15) is 0 Å². The van der Waals surface area contributed by atoms with Gasteiger partial charge in [0, 0.05) is 3.42 Å². The van der Waals surface area contributed by atoms with Crippen molar-refractivity contribution in [3.63, 3.8) is 0 Å². The molecule has 0 unspecified atom stereocenters. The Balaban J connectivity index is 2.49. The third-order valence-corrected chi connectivity index (χ3v) is 3.88. The summed E-state index contributed by atoms with van der Waals surface area (Å²) in [5.74, 6) is 6.72. The minimum atomic E-state index is 0.311. The molecule has 3 atom stereocenters. The van der Waals surface area contributed by atoms with Crippen LogP contribution in [-0.4, -0.2) is 10.0 Å². The number of hydrogen-bond acceptors (Lipinski definition) is 2. The van der Waals surface area contributed by atoms with Crippen LogP contribution in [0.15, 0.2) is 0 Å². The van der Waals surface area contributed by atoms with Gasteiger partial charge in [-0.15, -0.1) is 0 Å². The van der Waals surface area contributed by atoms with Gasteiger partial charge in [-0.05, 0) is 24.7 Å². The first-order chi connectivity index (χ1) is 5.07. The first kappa shape index (κ1) is 9.74. The zero-order valence-corrected chi connectivity index (χ0v) is 9.30. The van der Waals surface area contributed by atoms with E-state index in [1.807, 2.05) is 0 Å². The minimum Gasteiger partial charge on any atom is -0.303 e. The Bertz CT molecular complexity index is 130. The second-order valence-corrected chi connectivity index (χ2v) is 6.11. The fourth-order valence-corrected chi connectivity index (χ4v) is 3.48. The predicted molar refractivity (Wildman–Crippen MR) is 54.5 cm³/mol. The van der Waals surface area contributed by atoms with Crippen molar-refractivity contribution >= 4 is 22.6 Å². The lowest BCUT2D eigenvalue weighted by atomic mass is 10.0. The summed E-state index contributed by atoms with van der Waals surface area (Å²) in [6, 6.07) is 0. The molecule has 0 saturated heterocycles. The highest BCUT2D eigenvalue weighted by molar-refractivity contribution is 14.1. The fourth-order valence-electron chi connectivity index (χ4n) is 1.91. The van der Waals surface area contributed by atoms with Crippen LogP contribution in [0.2, 0.25) is 0 Å². The molecule has 0 aromatic carbocycles. The predicted octanol–water partition coefficient (Wildman–Crippen LogP) is 2.12. The van der Waals surface area contributed by atoms with Gasteiger partial charge in [-0.3, -0.25) is 0 Å². The van der Waals surface area contributed by atoms with Crippen molar-refractivity contribution in [1.82, 2.24) is 0 Å². The first-order valence-corrected chi connectivity index (χ1v) is 5.16. The van der Waals surface area contributed by atoms with Gasteiger partial charge in [0.1, 0.15) is 0 Å². The topological polar surface area (TPSA) is 35.2 Å². The van der Waals surface area contributed by atoms with Crippen LogP contribution in [0.5, 0.6) is 0 Å². The number of hydrogen-bond donors (Lipinski definition) is 1. The van der Waals surface area contributed by atoms with Crippen molar-refractivity contribution in [2.24, 2.45) is 17.7 Å². The van der Waals surface area contributed by atoms with E-state index in [2.05, 4.69) is 36.4 Å². The van der Waals surface area contributed by atoms with Crippen LogP contribution >= 0.6 is 22.6 Å². The quantitative estimate of drug-likeness (QED) is 0.473. The summed E-state index contributed by atoms with van der Waals surface area (Å²) in [5, 5.41) is 0. The molecule has 0 aromatic rings. The highest BCUT2D eigenvalue weighted by Gasteiger charge is 2.39. The Labute approximate surface area is 82.0 Å². The average Bonchev–Trinajstić information content (AvgIpc) is 2.08. The lowest BCUT2D eigenvalue weighted by molar-refractivity contribution is 0.118. The van der Waals surface area contributed by atoms with E-state index in [0.29, 0.717) is 10.0 Å². The second-order valence-electron chi connectivity index (χ2n) is 3.82. The van der Waals surface area contributed by atoms with Gasteiger partial charge in [0.05, 0.1) is 6.61 Å². The van der Waals surface area contributed by atoms with Crippen molar-refractivity contribution in [3.05, 3.63) is 0 Å². The van der Waals surface area contributed by atoms with Crippen LogP contribution in [-0.2, 0) is 4.84 Å². The second kappa shape index (κ2) is 3.58. The van der Waals surface area contributed by atoms with Crippen molar-refractivity contribution in [2.45, 2.75) is 30.1 Å². The van der Waals surface area contributed by atoms with E-state index in [9.17, 15) is 0 Å². The molecule has 1 aliphatic carbocycles. The van der Waals surface area contributed by atoms with Crippen LogP contribution in [0, 0.1) is 11.8 Å². The minimum absolute atomic E-state index is 0.311. The Morgan fingerprint density at radius 2 is 1.91 bits per heavy atom. The molecule has 2 N–H and O–H groups in total. The molecule has 66 valence electrons. The number of alkyl halides is 1. The third-order valence-electron chi connectivity index (χ3n) is 2.69. The monoisotopic (exact) mass is 269 g/mol. The van der Waals surface area contributed by atoms with Crippen molar-refractivity contribution in [1.29, 1.82) is 0 Å². The third kappa shape index (κ3) is 2.29. The van der Waals surface area contributed by atoms with E-state index in [1.54, 1.807) is 0 Å². The SMILES string of the molecule is C[C@@H]1C[C@](I)(CON)C[C@@H]1C. The smallest absolute Gasteiger partial charge is 0.0825 e. The highest BCUT2D eigenvalue weighted by atomic mass is 127. The molecular weight excluding hydrogens is 253 g/mol. The summed E-state index contributed by atoms with van der Waals surface area (Å²) < 4.78 is 0.311. The molecule has 0 spiro atoms. The lowest BCUT2D eigenvalue weighted by Crippen LogP contribution is -2.25. The maximum absolute atomic E-state index is 5.08. The largest absolute Gasteiger partial charge is 0.303 e. The molecule has 1 rings (SSSR count). The van der Waals surface area contributed by atoms with E-state index in [4.69, 9.17) is 10.7 Å². The molecular formula is C8H16INO. The van der Waals surface area contributed by atoms with Gasteiger partial charge in [-0.1, -0.05) is 36.4 Å². The molecule has 11 heavy (non-hydrogen) atoms. The molecule has 1 fully saturated rings. The van der Waals surface area contributed by atoms with Crippen LogP contribution in [0.3, 0.4) is 0 Å². The standard InChI is InChI=1S/C8H16INO/c1-6-3-8(9,5-11-10)4-7(6)2/h6-7H,3-5,10H2,1-2H3/t6-,7+,8-. The Kier molecular flexibility index (Phi) is 3.17. The molecule has 0 bridgehead atoms. The van der Waals surface area contributed by atoms with Gasteiger partial charge in [0.25, 0.3) is 0 Å². The van der Waals surface area contributed by atoms with Gasteiger partial charge in [0.2, 0.25) is 0 Å². The van der Waals surface area contributed by atoms with Crippen LogP contribution < -0.4 is 5.90 Å². The zero-order valence-electron chi connectivity index (χ0n) is 7.14. The van der Waals surface area contributed by atoms with Crippen LogP contribution in [0.25, 0.3) is 0 Å². The van der Waals surface area contributed by atoms with E-state index in [-0.39, 0.29) is 0 Å². The summed E-state index contributed by atoms with van der Waals surface area (Å²) in [4.78, 5) is 4.72. The van der Waals surface area contributed by atoms with Gasteiger partial charge in [-0.25, -0.2) is 5.90 Å². The van der Waals surface area contributed by atoms with Crippen LogP contribution in [0.1, 0.15) is 26.7 Å². The van der Waals surface area contributed by atoms with E-state index >= 15 is 0 Å². The van der Waals surface area contributed by atoms with E-state index in [0.717, 1.165) is 11.8 Å². The normalized spacial score (nSPS) is 44.7. The molecule has 1 aliphatic rings. The molecule has 0 aliphatic heterocycles. The zero-order chi connectivity index (χ0) is 8.48. The summed E-state index contributed by atoms with van der Waals surface area (Å²) in [5.41, 5.74) is 0. The summed E-state index contributed by atoms with van der Waals surface area (Å²) in [6.45, 7) is 5.31. The summed E-state index contributed by atoms with van der Waals surface area (Å²) >= 11 is 2.49. The number of nitrogens with two attached hydrogens (primary N) is 1. The van der Waals surface area contributed by atoms with Crippen molar-refractivity contribution in [3.8, 4) is 0 Å². The molecule has 3 heteroatoms. The average molecular weight is 269 g/mol. The molecule has 0 aromatic heterocycles. The molecule has 1 saturated carbocycles. The molecule has 2 nitrogen and oxygen atoms in total.